The zero-order valence-electron chi connectivity index (χ0n) is 16.9. The maximum absolute atomic E-state index is 12.6. The van der Waals surface area contributed by atoms with Gasteiger partial charge in [-0.1, -0.05) is 13.8 Å². The Morgan fingerprint density at radius 2 is 1.57 bits per heavy atom. The SMILES string of the molecule is CC(C)C(=O)Nc1ccc(NC(=O)N2CCN(S(=O)(=O)c3cccnc3)CC2)cc1. The fourth-order valence-corrected chi connectivity index (χ4v) is 4.29. The van der Waals surface area contributed by atoms with E-state index >= 15 is 0 Å². The summed E-state index contributed by atoms with van der Waals surface area (Å²) in [5.41, 5.74) is 1.24. The molecule has 2 heterocycles. The average molecular weight is 432 g/mol. The second kappa shape index (κ2) is 9.23. The Morgan fingerprint density at radius 3 is 2.10 bits per heavy atom. The molecule has 0 atom stereocenters. The standard InChI is InChI=1S/C20H25N5O4S/c1-15(2)19(26)22-16-5-7-17(8-6-16)23-20(27)24-10-12-25(13-11-24)30(28,29)18-4-3-9-21-14-18/h3-9,14-15H,10-13H2,1-2H3,(H,22,26)(H,23,27). The summed E-state index contributed by atoms with van der Waals surface area (Å²) in [6.07, 6.45) is 2.84. The highest BCUT2D eigenvalue weighted by Gasteiger charge is 2.30. The second-order valence-electron chi connectivity index (χ2n) is 7.23. The molecule has 0 aliphatic carbocycles. The average Bonchev–Trinajstić information content (AvgIpc) is 2.75. The van der Waals surface area contributed by atoms with Crippen molar-refractivity contribution in [1.29, 1.82) is 0 Å². The molecule has 2 aromatic rings. The maximum atomic E-state index is 12.6. The molecule has 0 unspecified atom stereocenters. The zero-order chi connectivity index (χ0) is 21.7. The first-order valence-corrected chi connectivity index (χ1v) is 11.1. The quantitative estimate of drug-likeness (QED) is 0.754. The minimum absolute atomic E-state index is 0.0779. The van der Waals surface area contributed by atoms with Crippen molar-refractivity contribution >= 4 is 33.3 Å². The van der Waals surface area contributed by atoms with Gasteiger partial charge in [-0.15, -0.1) is 0 Å². The van der Waals surface area contributed by atoms with E-state index in [1.807, 2.05) is 13.8 Å². The summed E-state index contributed by atoms with van der Waals surface area (Å²) in [5.74, 6) is -0.198. The van der Waals surface area contributed by atoms with Crippen LogP contribution in [0, 0.1) is 5.92 Å². The number of piperazine rings is 1. The number of rotatable bonds is 5. The van der Waals surface area contributed by atoms with Gasteiger partial charge in [-0.05, 0) is 36.4 Å². The van der Waals surface area contributed by atoms with Crippen molar-refractivity contribution in [2.75, 3.05) is 36.8 Å². The van der Waals surface area contributed by atoms with Gasteiger partial charge >= 0.3 is 6.03 Å². The van der Waals surface area contributed by atoms with Crippen LogP contribution in [0.15, 0.2) is 53.7 Å². The molecule has 0 saturated carbocycles. The number of urea groups is 1. The maximum Gasteiger partial charge on any atom is 0.321 e. The van der Waals surface area contributed by atoms with E-state index in [-0.39, 0.29) is 48.9 Å². The van der Waals surface area contributed by atoms with Crippen LogP contribution in [-0.2, 0) is 14.8 Å². The van der Waals surface area contributed by atoms with Gasteiger partial charge in [0, 0.05) is 55.9 Å². The number of benzene rings is 1. The molecule has 0 bridgehead atoms. The van der Waals surface area contributed by atoms with Gasteiger partial charge in [0.2, 0.25) is 15.9 Å². The molecule has 30 heavy (non-hydrogen) atoms. The topological polar surface area (TPSA) is 112 Å². The molecule has 1 aliphatic rings. The smallest absolute Gasteiger partial charge is 0.321 e. The number of nitrogens with one attached hydrogen (secondary N) is 2. The number of hydrogen-bond acceptors (Lipinski definition) is 5. The van der Waals surface area contributed by atoms with E-state index in [1.165, 1.54) is 22.8 Å². The third-order valence-electron chi connectivity index (χ3n) is 4.73. The fourth-order valence-electron chi connectivity index (χ4n) is 2.91. The third-order valence-corrected chi connectivity index (χ3v) is 6.61. The van der Waals surface area contributed by atoms with Gasteiger partial charge in [0.1, 0.15) is 4.90 Å². The third kappa shape index (κ3) is 5.14. The number of pyridine rings is 1. The molecule has 2 N–H and O–H groups in total. The minimum Gasteiger partial charge on any atom is -0.326 e. The lowest BCUT2D eigenvalue weighted by atomic mass is 10.2. The summed E-state index contributed by atoms with van der Waals surface area (Å²) in [5, 5.41) is 5.59. The number of amides is 3. The summed E-state index contributed by atoms with van der Waals surface area (Å²) in [7, 11) is -3.61. The normalized spacial score (nSPS) is 15.1. The highest BCUT2D eigenvalue weighted by atomic mass is 32.2. The van der Waals surface area contributed by atoms with Gasteiger partial charge in [-0.25, -0.2) is 13.2 Å². The predicted octanol–water partition coefficient (Wildman–Crippen LogP) is 2.21. The van der Waals surface area contributed by atoms with Gasteiger partial charge in [0.05, 0.1) is 0 Å². The Kier molecular flexibility index (Phi) is 6.68. The molecule has 1 aromatic carbocycles. The summed E-state index contributed by atoms with van der Waals surface area (Å²) in [6, 6.07) is 9.63. The molecule has 1 aliphatic heterocycles. The Balaban J connectivity index is 1.54. The van der Waals surface area contributed by atoms with Crippen molar-refractivity contribution in [3.8, 4) is 0 Å². The van der Waals surface area contributed by atoms with Crippen molar-refractivity contribution in [2.45, 2.75) is 18.7 Å². The molecule has 9 nitrogen and oxygen atoms in total. The van der Waals surface area contributed by atoms with E-state index < -0.39 is 10.0 Å². The summed E-state index contributed by atoms with van der Waals surface area (Å²) >= 11 is 0. The van der Waals surface area contributed by atoms with Gasteiger partial charge in [-0.3, -0.25) is 9.78 Å². The molecule has 160 valence electrons. The summed E-state index contributed by atoms with van der Waals surface area (Å²) in [6.45, 7) is 4.62. The van der Waals surface area contributed by atoms with Gasteiger partial charge < -0.3 is 15.5 Å². The van der Waals surface area contributed by atoms with E-state index in [2.05, 4.69) is 15.6 Å². The van der Waals surface area contributed by atoms with Crippen LogP contribution in [0.3, 0.4) is 0 Å². The number of nitrogens with zero attached hydrogens (tertiary/aromatic N) is 3. The molecule has 0 spiro atoms. The lowest BCUT2D eigenvalue weighted by Gasteiger charge is -2.33. The van der Waals surface area contributed by atoms with Crippen LogP contribution in [0.5, 0.6) is 0 Å². The van der Waals surface area contributed by atoms with Crippen molar-refractivity contribution in [1.82, 2.24) is 14.2 Å². The highest BCUT2D eigenvalue weighted by molar-refractivity contribution is 7.89. The molecule has 3 rings (SSSR count). The van der Waals surface area contributed by atoms with Crippen molar-refractivity contribution in [3.05, 3.63) is 48.8 Å². The van der Waals surface area contributed by atoms with E-state index in [0.29, 0.717) is 11.4 Å². The van der Waals surface area contributed by atoms with Crippen LogP contribution in [0.25, 0.3) is 0 Å². The first-order chi connectivity index (χ1) is 14.3. The molecular formula is C20H25N5O4S. The Labute approximate surface area is 176 Å². The lowest BCUT2D eigenvalue weighted by Crippen LogP contribution is -2.51. The Hall–Kier alpha value is -2.98. The van der Waals surface area contributed by atoms with E-state index in [1.54, 1.807) is 35.2 Å². The number of sulfonamides is 1. The van der Waals surface area contributed by atoms with Crippen molar-refractivity contribution < 1.29 is 18.0 Å². The Bertz CT molecular complexity index is 986. The number of carbonyl (C=O) groups is 2. The number of hydrogen-bond donors (Lipinski definition) is 2. The van der Waals surface area contributed by atoms with Crippen LogP contribution in [0.4, 0.5) is 16.2 Å². The first-order valence-electron chi connectivity index (χ1n) is 9.64. The van der Waals surface area contributed by atoms with E-state index in [0.717, 1.165) is 0 Å². The van der Waals surface area contributed by atoms with Gasteiger partial charge in [0.25, 0.3) is 0 Å². The second-order valence-corrected chi connectivity index (χ2v) is 9.17. The molecular weight excluding hydrogens is 406 g/mol. The summed E-state index contributed by atoms with van der Waals surface area (Å²) < 4.78 is 26.6. The number of aromatic nitrogens is 1. The van der Waals surface area contributed by atoms with Crippen molar-refractivity contribution in [3.63, 3.8) is 0 Å². The lowest BCUT2D eigenvalue weighted by molar-refractivity contribution is -0.118. The van der Waals surface area contributed by atoms with Crippen LogP contribution in [0.2, 0.25) is 0 Å². The molecule has 0 radical (unpaired) electrons. The monoisotopic (exact) mass is 431 g/mol. The van der Waals surface area contributed by atoms with E-state index in [9.17, 15) is 18.0 Å². The number of carbonyl (C=O) groups excluding carboxylic acids is 2. The highest BCUT2D eigenvalue weighted by Crippen LogP contribution is 2.18. The zero-order valence-corrected chi connectivity index (χ0v) is 17.7. The van der Waals surface area contributed by atoms with Crippen LogP contribution >= 0.6 is 0 Å². The fraction of sp³-hybridized carbons (Fsp3) is 0.350. The number of anilines is 2. The van der Waals surface area contributed by atoms with Crippen LogP contribution in [-0.4, -0.2) is 60.7 Å². The van der Waals surface area contributed by atoms with Crippen LogP contribution < -0.4 is 10.6 Å². The summed E-state index contributed by atoms with van der Waals surface area (Å²) in [4.78, 5) is 29.8. The Morgan fingerprint density at radius 1 is 0.967 bits per heavy atom. The van der Waals surface area contributed by atoms with Gasteiger partial charge in [0.15, 0.2) is 0 Å². The molecule has 1 aromatic heterocycles. The minimum atomic E-state index is -3.61. The molecule has 1 saturated heterocycles. The van der Waals surface area contributed by atoms with Gasteiger partial charge in [-0.2, -0.15) is 4.31 Å². The van der Waals surface area contributed by atoms with Crippen molar-refractivity contribution in [2.24, 2.45) is 5.92 Å². The van der Waals surface area contributed by atoms with Crippen LogP contribution in [0.1, 0.15) is 13.8 Å². The molecule has 1 fully saturated rings. The molecule has 3 amide bonds. The molecule has 10 heteroatoms. The van der Waals surface area contributed by atoms with E-state index in [4.69, 9.17) is 0 Å². The largest absolute Gasteiger partial charge is 0.326 e. The first kappa shape index (κ1) is 21.7. The predicted molar refractivity (Wildman–Crippen MR) is 113 cm³/mol.